The van der Waals surface area contributed by atoms with Gasteiger partial charge in [-0.15, -0.1) is 0 Å². The summed E-state index contributed by atoms with van der Waals surface area (Å²) >= 11 is 0. The molecule has 0 fully saturated rings. The maximum atomic E-state index is 12.6. The summed E-state index contributed by atoms with van der Waals surface area (Å²) in [6.07, 6.45) is -9.04. The zero-order valence-electron chi connectivity index (χ0n) is 23.8. The third-order valence-corrected chi connectivity index (χ3v) is 5.07. The summed E-state index contributed by atoms with van der Waals surface area (Å²) in [5.41, 5.74) is 3.98. The SMILES string of the molecule is CN(C)CCOCc1cncc2c1CCN(C(=O)c1ccccn1)C2.O=C(O)C(F)(F)F.O=C(O)C(F)(F)F.O=C(O)C(F)(F)F. The van der Waals surface area contributed by atoms with Crippen LogP contribution in [0.2, 0.25) is 0 Å². The molecule has 1 amide bonds. The maximum Gasteiger partial charge on any atom is 0.490 e. The Labute approximate surface area is 254 Å². The van der Waals surface area contributed by atoms with Gasteiger partial charge < -0.3 is 29.9 Å². The zero-order valence-corrected chi connectivity index (χ0v) is 23.8. The maximum absolute atomic E-state index is 12.6. The summed E-state index contributed by atoms with van der Waals surface area (Å²) < 4.78 is 101. The van der Waals surface area contributed by atoms with Gasteiger partial charge in [-0.2, -0.15) is 39.5 Å². The lowest BCUT2D eigenvalue weighted by Crippen LogP contribution is -2.37. The molecule has 0 radical (unpaired) electrons. The molecule has 46 heavy (non-hydrogen) atoms. The lowest BCUT2D eigenvalue weighted by molar-refractivity contribution is -0.193. The van der Waals surface area contributed by atoms with Crippen LogP contribution in [0.1, 0.15) is 27.2 Å². The van der Waals surface area contributed by atoms with E-state index in [1.165, 1.54) is 5.56 Å². The molecule has 0 aromatic carbocycles. The van der Waals surface area contributed by atoms with Gasteiger partial charge in [-0.25, -0.2) is 14.4 Å². The molecule has 2 aromatic heterocycles. The van der Waals surface area contributed by atoms with Gasteiger partial charge in [0.1, 0.15) is 5.69 Å². The summed E-state index contributed by atoms with van der Waals surface area (Å²) in [5.74, 6) is -8.30. The Morgan fingerprint density at radius 1 is 0.870 bits per heavy atom. The molecule has 0 aliphatic carbocycles. The van der Waals surface area contributed by atoms with Crippen LogP contribution in [0.3, 0.4) is 0 Å². The van der Waals surface area contributed by atoms with Gasteiger partial charge in [0.25, 0.3) is 5.91 Å². The summed E-state index contributed by atoms with van der Waals surface area (Å²) in [5, 5.41) is 21.4. The molecule has 3 N–H and O–H groups in total. The van der Waals surface area contributed by atoms with E-state index < -0.39 is 36.4 Å². The van der Waals surface area contributed by atoms with Crippen LogP contribution in [0, 0.1) is 0 Å². The average molecular weight is 682 g/mol. The van der Waals surface area contributed by atoms with Gasteiger partial charge in [-0.1, -0.05) is 6.07 Å². The van der Waals surface area contributed by atoms with Crippen molar-refractivity contribution in [2.75, 3.05) is 33.8 Å². The Hall–Kier alpha value is -4.53. The molecule has 1 aliphatic heterocycles. The van der Waals surface area contributed by atoms with Gasteiger partial charge >= 0.3 is 36.4 Å². The summed E-state index contributed by atoms with van der Waals surface area (Å²) in [6.45, 7) is 3.42. The number of carbonyl (C=O) groups excluding carboxylic acids is 1. The molecule has 2 aromatic rings. The number of likely N-dealkylation sites (N-methyl/N-ethyl adjacent to an activating group) is 1. The molecule has 0 saturated carbocycles. The van der Waals surface area contributed by atoms with Gasteiger partial charge in [-0.3, -0.25) is 14.8 Å². The van der Waals surface area contributed by atoms with Gasteiger partial charge in [0.15, 0.2) is 0 Å². The van der Waals surface area contributed by atoms with E-state index in [-0.39, 0.29) is 5.91 Å². The summed E-state index contributed by atoms with van der Waals surface area (Å²) in [6, 6.07) is 5.41. The number of amides is 1. The molecule has 3 heterocycles. The fourth-order valence-electron chi connectivity index (χ4n) is 2.95. The minimum Gasteiger partial charge on any atom is -0.475 e. The molecule has 12 nitrogen and oxygen atoms in total. The van der Waals surface area contributed by atoms with Gasteiger partial charge in [0.05, 0.1) is 13.2 Å². The number of hydrogen-bond acceptors (Lipinski definition) is 8. The van der Waals surface area contributed by atoms with Crippen LogP contribution in [-0.4, -0.2) is 111 Å². The highest BCUT2D eigenvalue weighted by atomic mass is 19.4. The predicted octanol–water partition coefficient (Wildman–Crippen LogP) is 3.65. The van der Waals surface area contributed by atoms with E-state index in [1.54, 1.807) is 12.3 Å². The van der Waals surface area contributed by atoms with Crippen LogP contribution < -0.4 is 0 Å². The lowest BCUT2D eigenvalue weighted by Gasteiger charge is -2.29. The van der Waals surface area contributed by atoms with Crippen molar-refractivity contribution in [3.63, 3.8) is 0 Å². The first-order valence-corrected chi connectivity index (χ1v) is 12.3. The molecule has 3 rings (SSSR count). The van der Waals surface area contributed by atoms with Gasteiger partial charge in [0.2, 0.25) is 0 Å². The highest BCUT2D eigenvalue weighted by Crippen LogP contribution is 2.23. The predicted molar refractivity (Wildman–Crippen MR) is 136 cm³/mol. The average Bonchev–Trinajstić information content (AvgIpc) is 2.94. The molecule has 0 saturated heterocycles. The molecule has 0 spiro atoms. The van der Waals surface area contributed by atoms with Gasteiger partial charge in [-0.05, 0) is 49.3 Å². The van der Waals surface area contributed by atoms with E-state index in [1.807, 2.05) is 43.5 Å². The quantitative estimate of drug-likeness (QED) is 0.300. The van der Waals surface area contributed by atoms with Crippen molar-refractivity contribution >= 4 is 23.8 Å². The molecule has 0 bridgehead atoms. The number of rotatable bonds is 6. The second-order valence-corrected chi connectivity index (χ2v) is 8.89. The Morgan fingerprint density at radius 3 is 1.78 bits per heavy atom. The van der Waals surface area contributed by atoms with E-state index in [0.29, 0.717) is 32.0 Å². The Bertz CT molecular complexity index is 1230. The van der Waals surface area contributed by atoms with E-state index in [4.69, 9.17) is 34.4 Å². The number of alkyl halides is 9. The third-order valence-electron chi connectivity index (χ3n) is 5.07. The highest BCUT2D eigenvalue weighted by Gasteiger charge is 2.39. The number of fused-ring (bicyclic) bond motifs is 1. The first-order valence-electron chi connectivity index (χ1n) is 12.3. The number of aromatic nitrogens is 2. The van der Waals surface area contributed by atoms with Crippen LogP contribution in [0.25, 0.3) is 0 Å². The normalized spacial score (nSPS) is 12.7. The highest BCUT2D eigenvalue weighted by molar-refractivity contribution is 5.92. The number of pyridine rings is 2. The van der Waals surface area contributed by atoms with Crippen LogP contribution in [0.5, 0.6) is 0 Å². The number of halogens is 9. The number of hydrogen-bond donors (Lipinski definition) is 3. The molecule has 21 heteroatoms. The zero-order chi connectivity index (χ0) is 35.9. The number of carbonyl (C=O) groups is 4. The van der Waals surface area contributed by atoms with E-state index >= 15 is 0 Å². The Balaban J connectivity index is 0.000000786. The topological polar surface area (TPSA) is 170 Å². The fraction of sp³-hybridized carbons (Fsp3) is 0.440. The Kier molecular flexibility index (Phi) is 16.6. The second kappa shape index (κ2) is 18.4. The van der Waals surface area contributed by atoms with E-state index in [9.17, 15) is 44.3 Å². The Morgan fingerprint density at radius 2 is 1.37 bits per heavy atom. The molecule has 0 unspecified atom stereocenters. The van der Waals surface area contributed by atoms with Crippen molar-refractivity contribution < 1.29 is 78.7 Å². The number of ether oxygens (including phenoxy) is 1. The summed E-state index contributed by atoms with van der Waals surface area (Å²) in [4.78, 5) is 51.7. The minimum absolute atomic E-state index is 0.0288. The summed E-state index contributed by atoms with van der Waals surface area (Å²) in [7, 11) is 4.06. The molecular weight excluding hydrogens is 655 g/mol. The molecule has 1 aliphatic rings. The van der Waals surface area contributed by atoms with Crippen LogP contribution in [0.15, 0.2) is 36.8 Å². The van der Waals surface area contributed by atoms with Crippen molar-refractivity contribution in [1.82, 2.24) is 19.8 Å². The second-order valence-electron chi connectivity index (χ2n) is 8.89. The molecule has 258 valence electrons. The van der Waals surface area contributed by atoms with Crippen molar-refractivity contribution in [3.8, 4) is 0 Å². The number of carboxylic acids is 3. The van der Waals surface area contributed by atoms with Gasteiger partial charge in [0, 0.05) is 38.2 Å². The van der Waals surface area contributed by atoms with Crippen LogP contribution >= 0.6 is 0 Å². The van der Waals surface area contributed by atoms with Crippen molar-refractivity contribution in [3.05, 3.63) is 59.2 Å². The lowest BCUT2D eigenvalue weighted by atomic mass is 9.97. The van der Waals surface area contributed by atoms with Crippen molar-refractivity contribution in [2.24, 2.45) is 0 Å². The van der Waals surface area contributed by atoms with E-state index in [0.717, 1.165) is 24.1 Å². The number of aliphatic carboxylic acids is 3. The largest absolute Gasteiger partial charge is 0.490 e. The van der Waals surface area contributed by atoms with E-state index in [2.05, 4.69) is 14.9 Å². The first-order chi connectivity index (χ1) is 21.0. The first kappa shape index (κ1) is 41.5. The van der Waals surface area contributed by atoms with Crippen LogP contribution in [0.4, 0.5) is 39.5 Å². The number of nitrogens with zero attached hydrogens (tertiary/aromatic N) is 4. The molecular formula is C25H27F9N4O8. The van der Waals surface area contributed by atoms with Crippen molar-refractivity contribution in [2.45, 2.75) is 38.1 Å². The minimum atomic E-state index is -5.08. The standard InChI is InChI=1S/C19H24N4O2.3C2HF3O2/c1-22(2)9-10-25-14-16-12-20-11-15-13-23(8-6-17(15)16)19(24)18-5-3-4-7-21-18;3*3-2(4,5)1(6)7/h3-5,7,11-12H,6,8-10,13-14H2,1-2H3;3*(H,6,7). The third kappa shape index (κ3) is 16.5. The van der Waals surface area contributed by atoms with Crippen LogP contribution in [-0.2, 0) is 38.7 Å². The molecule has 0 atom stereocenters. The smallest absolute Gasteiger partial charge is 0.475 e. The monoisotopic (exact) mass is 682 g/mol. The fourth-order valence-corrected chi connectivity index (χ4v) is 2.95. The van der Waals surface area contributed by atoms with Crippen molar-refractivity contribution in [1.29, 1.82) is 0 Å². The number of carboxylic acid groups (broad SMARTS) is 3.